The van der Waals surface area contributed by atoms with E-state index in [-0.39, 0.29) is 12.5 Å². The summed E-state index contributed by atoms with van der Waals surface area (Å²) in [5.74, 6) is -0.735. The fourth-order valence-corrected chi connectivity index (χ4v) is 1.43. The molecule has 2 unspecified atom stereocenters. The normalized spacial score (nSPS) is 22.7. The minimum absolute atomic E-state index is 0.108. The largest absolute Gasteiger partial charge is 0.370 e. The fourth-order valence-electron chi connectivity index (χ4n) is 1.43. The molecule has 0 aromatic rings. The molecule has 1 aliphatic heterocycles. The van der Waals surface area contributed by atoms with E-state index in [1.165, 1.54) is 12.0 Å². The van der Waals surface area contributed by atoms with Gasteiger partial charge in [0.2, 0.25) is 5.91 Å². The molecule has 6 heteroatoms. The van der Waals surface area contributed by atoms with Crippen LogP contribution in [0.5, 0.6) is 0 Å². The SMILES string of the molecule is COC(CN)C(=O)N1CCC1C(N)=O. The van der Waals surface area contributed by atoms with E-state index in [1.807, 2.05) is 0 Å². The number of nitrogens with zero attached hydrogens (tertiary/aromatic N) is 1. The van der Waals surface area contributed by atoms with Crippen molar-refractivity contribution in [2.45, 2.75) is 18.6 Å². The van der Waals surface area contributed by atoms with Gasteiger partial charge in [0.15, 0.2) is 0 Å². The Labute approximate surface area is 82.2 Å². The van der Waals surface area contributed by atoms with Gasteiger partial charge in [-0.3, -0.25) is 9.59 Å². The lowest BCUT2D eigenvalue weighted by Crippen LogP contribution is -2.60. The third kappa shape index (κ3) is 1.85. The molecule has 0 bridgehead atoms. The van der Waals surface area contributed by atoms with Crippen LogP contribution in [0.3, 0.4) is 0 Å². The topological polar surface area (TPSA) is 98.7 Å². The van der Waals surface area contributed by atoms with Crippen LogP contribution in [0.25, 0.3) is 0 Å². The molecular formula is C8H15N3O3. The van der Waals surface area contributed by atoms with Crippen molar-refractivity contribution in [2.24, 2.45) is 11.5 Å². The fraction of sp³-hybridized carbons (Fsp3) is 0.750. The first-order valence-electron chi connectivity index (χ1n) is 4.44. The molecule has 0 radical (unpaired) electrons. The minimum atomic E-state index is -0.669. The van der Waals surface area contributed by atoms with E-state index in [0.29, 0.717) is 13.0 Å². The molecular weight excluding hydrogens is 186 g/mol. The van der Waals surface area contributed by atoms with Gasteiger partial charge in [-0.1, -0.05) is 0 Å². The minimum Gasteiger partial charge on any atom is -0.370 e. The number of ether oxygens (including phenoxy) is 1. The van der Waals surface area contributed by atoms with Crippen molar-refractivity contribution >= 4 is 11.8 Å². The summed E-state index contributed by atoms with van der Waals surface area (Å²) in [7, 11) is 1.41. The second-order valence-corrected chi connectivity index (χ2v) is 3.20. The molecule has 14 heavy (non-hydrogen) atoms. The van der Waals surface area contributed by atoms with Crippen LogP contribution < -0.4 is 11.5 Å². The van der Waals surface area contributed by atoms with Crippen LogP contribution in [0.15, 0.2) is 0 Å². The maximum absolute atomic E-state index is 11.6. The summed E-state index contributed by atoms with van der Waals surface area (Å²) in [6, 6.07) is -0.480. The molecule has 80 valence electrons. The van der Waals surface area contributed by atoms with Gasteiger partial charge in [0.05, 0.1) is 0 Å². The average Bonchev–Trinajstić information content (AvgIpc) is 2.02. The van der Waals surface area contributed by atoms with Gasteiger partial charge in [0.1, 0.15) is 12.1 Å². The zero-order chi connectivity index (χ0) is 10.7. The molecule has 1 rings (SSSR count). The first-order valence-corrected chi connectivity index (χ1v) is 4.44. The lowest BCUT2D eigenvalue weighted by atomic mass is 10.0. The Morgan fingerprint density at radius 1 is 1.64 bits per heavy atom. The van der Waals surface area contributed by atoms with Crippen molar-refractivity contribution in [2.75, 3.05) is 20.2 Å². The Morgan fingerprint density at radius 3 is 2.57 bits per heavy atom. The highest BCUT2D eigenvalue weighted by Crippen LogP contribution is 2.18. The molecule has 0 spiro atoms. The smallest absolute Gasteiger partial charge is 0.253 e. The Hall–Kier alpha value is -1.14. The highest BCUT2D eigenvalue weighted by Gasteiger charge is 2.38. The van der Waals surface area contributed by atoms with E-state index in [4.69, 9.17) is 16.2 Å². The second-order valence-electron chi connectivity index (χ2n) is 3.20. The van der Waals surface area contributed by atoms with Crippen LogP contribution >= 0.6 is 0 Å². The number of methoxy groups -OCH3 is 1. The van der Waals surface area contributed by atoms with Crippen LogP contribution in [0.2, 0.25) is 0 Å². The molecule has 2 amide bonds. The molecule has 1 aliphatic rings. The summed E-state index contributed by atoms with van der Waals surface area (Å²) in [5.41, 5.74) is 10.4. The molecule has 1 fully saturated rings. The monoisotopic (exact) mass is 201 g/mol. The van der Waals surface area contributed by atoms with E-state index in [9.17, 15) is 9.59 Å². The van der Waals surface area contributed by atoms with Crippen molar-refractivity contribution in [3.05, 3.63) is 0 Å². The number of amides is 2. The second kappa shape index (κ2) is 4.39. The summed E-state index contributed by atoms with van der Waals surface area (Å²) in [5, 5.41) is 0. The molecule has 0 aliphatic carbocycles. The molecule has 1 heterocycles. The number of hydrogen-bond donors (Lipinski definition) is 2. The number of hydrogen-bond acceptors (Lipinski definition) is 4. The molecule has 0 saturated carbocycles. The number of carbonyl (C=O) groups is 2. The predicted octanol–water partition coefficient (Wildman–Crippen LogP) is -1.95. The maximum Gasteiger partial charge on any atom is 0.253 e. The molecule has 6 nitrogen and oxygen atoms in total. The van der Waals surface area contributed by atoms with Crippen LogP contribution in [0.1, 0.15) is 6.42 Å². The highest BCUT2D eigenvalue weighted by molar-refractivity contribution is 5.90. The van der Waals surface area contributed by atoms with Crippen LogP contribution in [-0.4, -0.2) is 49.1 Å². The summed E-state index contributed by atoms with van der Waals surface area (Å²) in [4.78, 5) is 23.9. The van der Waals surface area contributed by atoms with E-state index < -0.39 is 18.1 Å². The summed E-state index contributed by atoms with van der Waals surface area (Å²) in [6.07, 6.45) is -0.0422. The van der Waals surface area contributed by atoms with Gasteiger partial charge in [0, 0.05) is 20.2 Å². The molecule has 1 saturated heterocycles. The zero-order valence-corrected chi connectivity index (χ0v) is 8.10. The van der Waals surface area contributed by atoms with Crippen molar-refractivity contribution in [3.63, 3.8) is 0 Å². The Morgan fingerprint density at radius 2 is 2.29 bits per heavy atom. The van der Waals surface area contributed by atoms with E-state index in [1.54, 1.807) is 0 Å². The molecule has 0 aromatic carbocycles. The third-order valence-corrected chi connectivity index (χ3v) is 2.41. The first kappa shape index (κ1) is 10.9. The van der Waals surface area contributed by atoms with Gasteiger partial charge in [-0.15, -0.1) is 0 Å². The average molecular weight is 201 g/mol. The quantitative estimate of drug-likeness (QED) is 0.552. The van der Waals surface area contributed by atoms with Gasteiger partial charge < -0.3 is 21.1 Å². The van der Waals surface area contributed by atoms with Crippen molar-refractivity contribution in [1.82, 2.24) is 4.90 Å². The summed E-state index contributed by atoms with van der Waals surface area (Å²) < 4.78 is 4.88. The van der Waals surface area contributed by atoms with Crippen molar-refractivity contribution in [3.8, 4) is 0 Å². The van der Waals surface area contributed by atoms with Gasteiger partial charge in [-0.05, 0) is 6.42 Å². The van der Waals surface area contributed by atoms with Gasteiger partial charge in [0.25, 0.3) is 5.91 Å². The number of primary amides is 1. The number of likely N-dealkylation sites (tertiary alicyclic amines) is 1. The van der Waals surface area contributed by atoms with Gasteiger partial charge in [-0.25, -0.2) is 0 Å². The van der Waals surface area contributed by atoms with Crippen molar-refractivity contribution < 1.29 is 14.3 Å². The molecule has 2 atom stereocenters. The number of nitrogens with two attached hydrogens (primary N) is 2. The van der Waals surface area contributed by atoms with Gasteiger partial charge >= 0.3 is 0 Å². The van der Waals surface area contributed by atoms with E-state index in [2.05, 4.69) is 0 Å². The van der Waals surface area contributed by atoms with Gasteiger partial charge in [-0.2, -0.15) is 0 Å². The van der Waals surface area contributed by atoms with Crippen LogP contribution in [-0.2, 0) is 14.3 Å². The lowest BCUT2D eigenvalue weighted by molar-refractivity contribution is -0.154. The van der Waals surface area contributed by atoms with E-state index >= 15 is 0 Å². The van der Waals surface area contributed by atoms with Crippen LogP contribution in [0, 0.1) is 0 Å². The lowest BCUT2D eigenvalue weighted by Gasteiger charge is -2.40. The standard InChI is InChI=1S/C8H15N3O3/c1-14-6(4-9)8(13)11-3-2-5(11)7(10)12/h5-6H,2-4,9H2,1H3,(H2,10,12). The summed E-state index contributed by atoms with van der Waals surface area (Å²) >= 11 is 0. The predicted molar refractivity (Wildman–Crippen MR) is 49.2 cm³/mol. The summed E-state index contributed by atoms with van der Waals surface area (Å²) in [6.45, 7) is 0.656. The maximum atomic E-state index is 11.6. The molecule has 0 aromatic heterocycles. The van der Waals surface area contributed by atoms with E-state index in [0.717, 1.165) is 0 Å². The zero-order valence-electron chi connectivity index (χ0n) is 8.10. The third-order valence-electron chi connectivity index (χ3n) is 2.41. The first-order chi connectivity index (χ1) is 6.61. The Kier molecular flexibility index (Phi) is 3.43. The highest BCUT2D eigenvalue weighted by atomic mass is 16.5. The molecule has 4 N–H and O–H groups in total. The number of carbonyl (C=O) groups excluding carboxylic acids is 2. The Bertz CT molecular complexity index is 240. The number of rotatable bonds is 4. The Balaban J connectivity index is 2.57. The van der Waals surface area contributed by atoms with Crippen molar-refractivity contribution in [1.29, 1.82) is 0 Å². The van der Waals surface area contributed by atoms with Crippen LogP contribution in [0.4, 0.5) is 0 Å².